The standard InChI is InChI=1S/C19H25N3OSi/c1-19(2,3)24(17-11-6-4-7-12-17,18-13-8-5-9-14-18)23-16-10-15-21-22-20/h4-9,11-14H,10,15-16H2,1-3H3. The van der Waals surface area contributed by atoms with E-state index in [9.17, 15) is 0 Å². The fourth-order valence-corrected chi connectivity index (χ4v) is 7.77. The Morgan fingerprint density at radius 1 is 0.958 bits per heavy atom. The van der Waals surface area contributed by atoms with Crippen molar-refractivity contribution in [3.63, 3.8) is 0 Å². The molecule has 4 nitrogen and oxygen atoms in total. The highest BCUT2D eigenvalue weighted by Gasteiger charge is 2.49. The molecule has 0 heterocycles. The van der Waals surface area contributed by atoms with Crippen LogP contribution in [0, 0.1) is 0 Å². The third-order valence-electron chi connectivity index (χ3n) is 4.20. The molecule has 0 amide bonds. The van der Waals surface area contributed by atoms with E-state index in [1.807, 2.05) is 12.1 Å². The van der Waals surface area contributed by atoms with Crippen LogP contribution in [0.2, 0.25) is 5.04 Å². The predicted octanol–water partition coefficient (Wildman–Crippen LogP) is 4.26. The van der Waals surface area contributed by atoms with E-state index in [0.717, 1.165) is 6.42 Å². The Morgan fingerprint density at radius 2 is 1.46 bits per heavy atom. The van der Waals surface area contributed by atoms with Gasteiger partial charge < -0.3 is 4.43 Å². The van der Waals surface area contributed by atoms with Crippen LogP contribution in [0.4, 0.5) is 0 Å². The lowest BCUT2D eigenvalue weighted by Gasteiger charge is -2.43. The second kappa shape index (κ2) is 8.15. The molecule has 0 saturated heterocycles. The van der Waals surface area contributed by atoms with Gasteiger partial charge in [0.1, 0.15) is 0 Å². The van der Waals surface area contributed by atoms with E-state index in [4.69, 9.17) is 9.96 Å². The second-order valence-electron chi connectivity index (χ2n) is 6.82. The Bertz CT molecular complexity index is 637. The van der Waals surface area contributed by atoms with Gasteiger partial charge in [0, 0.05) is 18.1 Å². The molecular weight excluding hydrogens is 314 g/mol. The normalized spacial score (nSPS) is 11.8. The van der Waals surface area contributed by atoms with Crippen LogP contribution in [-0.2, 0) is 4.43 Å². The summed E-state index contributed by atoms with van der Waals surface area (Å²) in [4.78, 5) is 2.82. The first-order valence-corrected chi connectivity index (χ1v) is 10.2. The topological polar surface area (TPSA) is 58.0 Å². The predicted molar refractivity (Wildman–Crippen MR) is 102 cm³/mol. The number of hydrogen-bond donors (Lipinski definition) is 0. The molecule has 0 N–H and O–H groups in total. The minimum Gasteiger partial charge on any atom is -0.407 e. The minimum atomic E-state index is -2.44. The van der Waals surface area contributed by atoms with Gasteiger partial charge in [-0.1, -0.05) is 86.5 Å². The molecule has 0 saturated carbocycles. The van der Waals surface area contributed by atoms with Crippen molar-refractivity contribution in [2.75, 3.05) is 13.2 Å². The Labute approximate surface area is 145 Å². The molecule has 0 bridgehead atoms. The summed E-state index contributed by atoms with van der Waals surface area (Å²) >= 11 is 0. The van der Waals surface area contributed by atoms with E-state index in [0.29, 0.717) is 13.2 Å². The monoisotopic (exact) mass is 339 g/mol. The van der Waals surface area contributed by atoms with E-state index in [-0.39, 0.29) is 5.04 Å². The molecule has 2 aromatic carbocycles. The number of nitrogens with zero attached hydrogens (tertiary/aromatic N) is 3. The van der Waals surface area contributed by atoms with Crippen molar-refractivity contribution in [3.8, 4) is 0 Å². The highest BCUT2D eigenvalue weighted by Crippen LogP contribution is 2.36. The van der Waals surface area contributed by atoms with Crippen molar-refractivity contribution in [1.82, 2.24) is 0 Å². The third kappa shape index (κ3) is 3.87. The Hall–Kier alpha value is -2.07. The first-order chi connectivity index (χ1) is 11.5. The average molecular weight is 340 g/mol. The van der Waals surface area contributed by atoms with Gasteiger partial charge >= 0.3 is 0 Å². The van der Waals surface area contributed by atoms with Crippen molar-refractivity contribution in [1.29, 1.82) is 0 Å². The maximum Gasteiger partial charge on any atom is 0.261 e. The van der Waals surface area contributed by atoms with Crippen molar-refractivity contribution >= 4 is 18.7 Å². The van der Waals surface area contributed by atoms with E-state index < -0.39 is 8.32 Å². The number of rotatable bonds is 7. The molecule has 2 aromatic rings. The summed E-state index contributed by atoms with van der Waals surface area (Å²) in [6.45, 7) is 7.83. The van der Waals surface area contributed by atoms with Crippen molar-refractivity contribution in [2.24, 2.45) is 5.11 Å². The maximum atomic E-state index is 8.44. The van der Waals surface area contributed by atoms with Crippen LogP contribution in [0.1, 0.15) is 27.2 Å². The number of azide groups is 1. The molecule has 0 aliphatic carbocycles. The quantitative estimate of drug-likeness (QED) is 0.244. The van der Waals surface area contributed by atoms with Crippen LogP contribution in [0.3, 0.4) is 0 Å². The molecule has 5 heteroatoms. The first kappa shape index (κ1) is 18.3. The van der Waals surface area contributed by atoms with Crippen LogP contribution < -0.4 is 10.4 Å². The number of benzene rings is 2. The van der Waals surface area contributed by atoms with Gasteiger partial charge in [0.2, 0.25) is 0 Å². The molecule has 0 aliphatic rings. The SMILES string of the molecule is CC(C)(C)[Si](OCCCN=[N+]=[N-])(c1ccccc1)c1ccccc1. The van der Waals surface area contributed by atoms with Gasteiger partial charge in [0.25, 0.3) is 8.32 Å². The minimum absolute atomic E-state index is 0.0196. The summed E-state index contributed by atoms with van der Waals surface area (Å²) in [5, 5.41) is 6.14. The zero-order valence-electron chi connectivity index (χ0n) is 14.6. The van der Waals surface area contributed by atoms with E-state index >= 15 is 0 Å². The first-order valence-electron chi connectivity index (χ1n) is 8.28. The molecule has 0 atom stereocenters. The Balaban J connectivity index is 2.47. The fraction of sp³-hybridized carbons (Fsp3) is 0.368. The molecular formula is C19H25N3OSi. The van der Waals surface area contributed by atoms with E-state index in [1.165, 1.54) is 10.4 Å². The smallest absolute Gasteiger partial charge is 0.261 e. The van der Waals surface area contributed by atoms with Gasteiger partial charge in [-0.15, -0.1) is 0 Å². The molecule has 0 unspecified atom stereocenters. The zero-order chi connectivity index (χ0) is 17.5. The van der Waals surface area contributed by atoms with Crippen LogP contribution in [0.15, 0.2) is 65.8 Å². The largest absolute Gasteiger partial charge is 0.407 e. The van der Waals surface area contributed by atoms with Crippen LogP contribution >= 0.6 is 0 Å². The van der Waals surface area contributed by atoms with E-state index in [1.54, 1.807) is 0 Å². The van der Waals surface area contributed by atoms with Crippen molar-refractivity contribution < 1.29 is 4.43 Å². The summed E-state index contributed by atoms with van der Waals surface area (Å²) in [7, 11) is -2.44. The van der Waals surface area contributed by atoms with Gasteiger partial charge in [-0.3, -0.25) is 0 Å². The van der Waals surface area contributed by atoms with Gasteiger partial charge in [-0.2, -0.15) is 0 Å². The highest BCUT2D eigenvalue weighted by molar-refractivity contribution is 6.99. The summed E-state index contributed by atoms with van der Waals surface area (Å²) in [6, 6.07) is 21.1. The lowest BCUT2D eigenvalue weighted by molar-refractivity contribution is 0.294. The lowest BCUT2D eigenvalue weighted by Crippen LogP contribution is -2.66. The van der Waals surface area contributed by atoms with Crippen LogP contribution in [-0.4, -0.2) is 21.5 Å². The lowest BCUT2D eigenvalue weighted by atomic mass is 10.2. The third-order valence-corrected chi connectivity index (χ3v) is 9.24. The van der Waals surface area contributed by atoms with Crippen LogP contribution in [0.25, 0.3) is 10.4 Å². The second-order valence-corrected chi connectivity index (χ2v) is 11.1. The Morgan fingerprint density at radius 3 is 1.88 bits per heavy atom. The fourth-order valence-electron chi connectivity index (χ4n) is 3.17. The number of hydrogen-bond acceptors (Lipinski definition) is 2. The molecule has 0 spiro atoms. The molecule has 0 aliphatic heterocycles. The average Bonchev–Trinajstić information content (AvgIpc) is 2.59. The van der Waals surface area contributed by atoms with Crippen molar-refractivity contribution in [3.05, 3.63) is 71.1 Å². The summed E-state index contributed by atoms with van der Waals surface area (Å²) < 4.78 is 6.67. The van der Waals surface area contributed by atoms with Gasteiger partial charge in [0.05, 0.1) is 0 Å². The highest BCUT2D eigenvalue weighted by atomic mass is 28.4. The Kier molecular flexibility index (Phi) is 6.21. The van der Waals surface area contributed by atoms with Gasteiger partial charge in [-0.25, -0.2) is 0 Å². The molecule has 0 radical (unpaired) electrons. The summed E-state index contributed by atoms with van der Waals surface area (Å²) in [6.07, 6.45) is 0.731. The zero-order valence-corrected chi connectivity index (χ0v) is 15.6. The summed E-state index contributed by atoms with van der Waals surface area (Å²) in [5.41, 5.74) is 8.44. The van der Waals surface area contributed by atoms with Gasteiger partial charge in [0.15, 0.2) is 0 Å². The molecule has 0 aromatic heterocycles. The molecule has 0 fully saturated rings. The van der Waals surface area contributed by atoms with E-state index in [2.05, 4.69) is 79.3 Å². The molecule has 24 heavy (non-hydrogen) atoms. The molecule has 126 valence electrons. The summed E-state index contributed by atoms with van der Waals surface area (Å²) in [5.74, 6) is 0. The van der Waals surface area contributed by atoms with Gasteiger partial charge in [-0.05, 0) is 27.4 Å². The molecule has 2 rings (SSSR count). The van der Waals surface area contributed by atoms with Crippen molar-refractivity contribution in [2.45, 2.75) is 32.2 Å². The van der Waals surface area contributed by atoms with Crippen LogP contribution in [0.5, 0.6) is 0 Å². The maximum absolute atomic E-state index is 8.44.